The van der Waals surface area contributed by atoms with Gasteiger partial charge in [0.1, 0.15) is 11.5 Å². The lowest BCUT2D eigenvalue weighted by molar-refractivity contribution is -0.534. The van der Waals surface area contributed by atoms with Gasteiger partial charge in [-0.05, 0) is 43.5 Å². The summed E-state index contributed by atoms with van der Waals surface area (Å²) >= 11 is 0. The molecule has 1 N–H and O–H groups in total. The van der Waals surface area contributed by atoms with Gasteiger partial charge in [0.05, 0.1) is 19.6 Å². The summed E-state index contributed by atoms with van der Waals surface area (Å²) in [6, 6.07) is 18.7. The van der Waals surface area contributed by atoms with Crippen LogP contribution in [0, 0.1) is 0 Å². The highest BCUT2D eigenvalue weighted by atomic mass is 31.2. The van der Waals surface area contributed by atoms with E-state index in [9.17, 15) is 4.57 Å². The molecule has 0 radical (unpaired) electrons. The first-order valence-corrected chi connectivity index (χ1v) is 11.3. The first-order chi connectivity index (χ1) is 13.2. The van der Waals surface area contributed by atoms with Crippen LogP contribution in [0.25, 0.3) is 0 Å². The van der Waals surface area contributed by atoms with Crippen LogP contribution in [0.2, 0.25) is 0 Å². The zero-order chi connectivity index (χ0) is 18.5. The van der Waals surface area contributed by atoms with E-state index in [1.807, 2.05) is 60.7 Å². The van der Waals surface area contributed by atoms with E-state index in [-0.39, 0.29) is 5.66 Å². The Morgan fingerprint density at radius 1 is 0.852 bits per heavy atom. The number of nitrogens with one attached hydrogen (secondary N) is 1. The molecule has 2 heterocycles. The van der Waals surface area contributed by atoms with Gasteiger partial charge in [0.15, 0.2) is 5.66 Å². The van der Waals surface area contributed by atoms with Gasteiger partial charge < -0.3 is 9.05 Å². The molecule has 142 valence electrons. The van der Waals surface area contributed by atoms with Crippen molar-refractivity contribution in [3.8, 4) is 11.5 Å². The van der Waals surface area contributed by atoms with E-state index in [0.29, 0.717) is 11.5 Å². The molecular formula is C21H26N2O3P+. The van der Waals surface area contributed by atoms with Crippen molar-refractivity contribution in [2.45, 2.75) is 31.3 Å². The van der Waals surface area contributed by atoms with Crippen LogP contribution in [0.15, 0.2) is 60.7 Å². The quantitative estimate of drug-likeness (QED) is 0.616. The van der Waals surface area contributed by atoms with Crippen molar-refractivity contribution in [1.29, 1.82) is 0 Å². The Balaban J connectivity index is 1.73. The zero-order valence-corrected chi connectivity index (χ0v) is 16.3. The van der Waals surface area contributed by atoms with Crippen LogP contribution in [0.3, 0.4) is 0 Å². The molecule has 2 aromatic carbocycles. The van der Waals surface area contributed by atoms with E-state index in [1.165, 1.54) is 0 Å². The van der Waals surface area contributed by atoms with Gasteiger partial charge in [0.25, 0.3) is 5.84 Å². The summed E-state index contributed by atoms with van der Waals surface area (Å²) in [6.07, 6.45) is 3.99. The second kappa shape index (κ2) is 8.18. The largest absolute Gasteiger partial charge is 0.445 e. The minimum atomic E-state index is -3.50. The van der Waals surface area contributed by atoms with Crippen molar-refractivity contribution < 1.29 is 18.2 Å². The fraction of sp³-hybridized carbons (Fsp3) is 0.381. The summed E-state index contributed by atoms with van der Waals surface area (Å²) < 4.78 is 28.7. The van der Waals surface area contributed by atoms with Crippen molar-refractivity contribution in [2.75, 3.05) is 19.6 Å². The van der Waals surface area contributed by atoms with Crippen molar-refractivity contribution in [3.05, 3.63) is 60.7 Å². The second-order valence-electron chi connectivity index (χ2n) is 7.01. The second-order valence-corrected chi connectivity index (χ2v) is 9.08. The number of hydrogen-bond acceptors (Lipinski definition) is 4. The van der Waals surface area contributed by atoms with E-state index in [2.05, 4.69) is 9.89 Å². The van der Waals surface area contributed by atoms with Crippen LogP contribution in [-0.4, -0.2) is 35.7 Å². The highest BCUT2D eigenvalue weighted by molar-refractivity contribution is 7.56. The van der Waals surface area contributed by atoms with Crippen molar-refractivity contribution in [2.24, 2.45) is 0 Å². The molecule has 4 rings (SSSR count). The molecule has 0 bridgehead atoms. The molecule has 1 unspecified atom stereocenters. The summed E-state index contributed by atoms with van der Waals surface area (Å²) in [5.74, 6) is 2.17. The van der Waals surface area contributed by atoms with Gasteiger partial charge in [-0.2, -0.15) is 0 Å². The van der Waals surface area contributed by atoms with E-state index in [0.717, 1.165) is 51.2 Å². The summed E-state index contributed by atoms with van der Waals surface area (Å²) in [5.41, 5.74) is -0.291. The smallest absolute Gasteiger partial charge is 0.415 e. The molecule has 0 amide bonds. The molecule has 1 atom stereocenters. The highest BCUT2D eigenvalue weighted by Crippen LogP contribution is 2.55. The predicted molar refractivity (Wildman–Crippen MR) is 107 cm³/mol. The minimum Gasteiger partial charge on any atom is -0.415 e. The number of para-hydroxylation sites is 2. The number of nitrogens with zero attached hydrogens (tertiary/aromatic N) is 1. The Hall–Kier alpha value is -2.26. The van der Waals surface area contributed by atoms with Gasteiger partial charge in [-0.3, -0.25) is 9.89 Å². The third-order valence-corrected chi connectivity index (χ3v) is 7.25. The van der Waals surface area contributed by atoms with Gasteiger partial charge >= 0.3 is 7.60 Å². The predicted octanol–water partition coefficient (Wildman–Crippen LogP) is 4.29. The SMILES string of the molecule is O=P(Oc1ccccc1)(Oc1ccccc1)C1CCCC[N+]2=C1NCCC2. The molecule has 0 saturated carbocycles. The van der Waals surface area contributed by atoms with E-state index in [1.54, 1.807) is 0 Å². The zero-order valence-electron chi connectivity index (χ0n) is 15.4. The van der Waals surface area contributed by atoms with Crippen LogP contribution in [-0.2, 0) is 4.57 Å². The maximum Gasteiger partial charge on any atom is 0.445 e. The minimum absolute atomic E-state index is 0.291. The Labute approximate surface area is 160 Å². The van der Waals surface area contributed by atoms with E-state index in [4.69, 9.17) is 9.05 Å². The fourth-order valence-electron chi connectivity index (χ4n) is 3.77. The molecule has 0 aromatic heterocycles. The third-order valence-electron chi connectivity index (χ3n) is 5.06. The summed E-state index contributed by atoms with van der Waals surface area (Å²) in [4.78, 5) is 0. The lowest BCUT2D eigenvalue weighted by Gasteiger charge is -2.28. The topological polar surface area (TPSA) is 50.6 Å². The van der Waals surface area contributed by atoms with Crippen LogP contribution in [0.4, 0.5) is 0 Å². The monoisotopic (exact) mass is 385 g/mol. The van der Waals surface area contributed by atoms with Crippen molar-refractivity contribution in [3.63, 3.8) is 0 Å². The Morgan fingerprint density at radius 2 is 1.44 bits per heavy atom. The normalized spacial score (nSPS) is 20.2. The van der Waals surface area contributed by atoms with E-state index >= 15 is 0 Å². The molecule has 2 aromatic rings. The Bertz CT molecular complexity index is 794. The Morgan fingerprint density at radius 3 is 2.07 bits per heavy atom. The fourth-order valence-corrected chi connectivity index (χ4v) is 5.94. The maximum atomic E-state index is 14.2. The van der Waals surface area contributed by atoms with Gasteiger partial charge in [-0.15, -0.1) is 0 Å². The number of amidine groups is 1. The number of hydrogen-bond donors (Lipinski definition) is 1. The van der Waals surface area contributed by atoms with Crippen molar-refractivity contribution >= 4 is 13.4 Å². The third kappa shape index (κ3) is 4.19. The lowest BCUT2D eigenvalue weighted by atomic mass is 10.2. The molecular weight excluding hydrogens is 359 g/mol. The molecule has 2 aliphatic heterocycles. The first kappa shape index (κ1) is 18.1. The number of benzene rings is 2. The average molecular weight is 385 g/mol. The highest BCUT2D eigenvalue weighted by Gasteiger charge is 2.48. The van der Waals surface area contributed by atoms with E-state index < -0.39 is 7.60 Å². The van der Waals surface area contributed by atoms with Crippen molar-refractivity contribution in [1.82, 2.24) is 5.32 Å². The first-order valence-electron chi connectivity index (χ1n) is 9.69. The maximum absolute atomic E-state index is 14.2. The molecule has 5 nitrogen and oxygen atoms in total. The van der Waals surface area contributed by atoms with Crippen LogP contribution in [0.5, 0.6) is 11.5 Å². The van der Waals surface area contributed by atoms with Gasteiger partial charge in [-0.25, -0.2) is 4.57 Å². The van der Waals surface area contributed by atoms with Crippen LogP contribution < -0.4 is 14.4 Å². The van der Waals surface area contributed by atoms with Gasteiger partial charge in [0, 0.05) is 6.42 Å². The molecule has 0 spiro atoms. The standard InChI is InChI=1S/C21H25N2O3P/c24-27(25-18-10-3-1-4-11-18,26-19-12-5-2-6-13-19)20-14-7-8-16-23-17-9-15-22-21(20)23/h1-6,10-13,20H,7-9,14-17H2/p+1. The van der Waals surface area contributed by atoms with Gasteiger partial charge in [0.2, 0.25) is 0 Å². The van der Waals surface area contributed by atoms with Crippen LogP contribution >= 0.6 is 7.60 Å². The summed E-state index contributed by atoms with van der Waals surface area (Å²) in [5, 5.41) is 3.50. The number of rotatable bonds is 5. The molecule has 2 aliphatic rings. The average Bonchev–Trinajstić information content (AvgIpc) is 2.92. The molecule has 27 heavy (non-hydrogen) atoms. The molecule has 6 heteroatoms. The van der Waals surface area contributed by atoms with Gasteiger partial charge in [-0.1, -0.05) is 36.4 Å². The summed E-state index contributed by atoms with van der Waals surface area (Å²) in [6.45, 7) is 2.89. The Kier molecular flexibility index (Phi) is 5.49. The molecule has 0 aliphatic carbocycles. The molecule has 0 saturated heterocycles. The summed E-state index contributed by atoms with van der Waals surface area (Å²) in [7, 11) is -3.50. The van der Waals surface area contributed by atoms with Crippen LogP contribution in [0.1, 0.15) is 25.7 Å². The molecule has 0 fully saturated rings. The lowest BCUT2D eigenvalue weighted by Crippen LogP contribution is -2.47.